The fourth-order valence-corrected chi connectivity index (χ4v) is 3.87. The predicted octanol–water partition coefficient (Wildman–Crippen LogP) is 2.66. The third-order valence-electron chi connectivity index (χ3n) is 2.59. The van der Waals surface area contributed by atoms with E-state index >= 15 is 0 Å². The van der Waals surface area contributed by atoms with Crippen molar-refractivity contribution in [1.82, 2.24) is 4.72 Å². The number of hydrogen-bond donors (Lipinski definition) is 2. The normalized spacial score (nSPS) is 11.0. The zero-order chi connectivity index (χ0) is 15.3. The minimum atomic E-state index is -3.46. The summed E-state index contributed by atoms with van der Waals surface area (Å²) in [7, 11) is -3.46. The van der Waals surface area contributed by atoms with Crippen LogP contribution in [0.15, 0.2) is 39.9 Å². The molecule has 8 heteroatoms. The molecular weight excluding hydrogens is 330 g/mol. The number of thiophene rings is 1. The van der Waals surface area contributed by atoms with Crippen LogP contribution in [0.2, 0.25) is 5.02 Å². The molecule has 1 aromatic carbocycles. The first kappa shape index (κ1) is 15.8. The molecule has 0 aliphatic heterocycles. The number of nitrogens with zero attached hydrogens (tertiary/aromatic N) is 1. The highest BCUT2D eigenvalue weighted by Crippen LogP contribution is 2.20. The van der Waals surface area contributed by atoms with E-state index in [4.69, 9.17) is 16.9 Å². The monoisotopic (exact) mass is 341 g/mol. The summed E-state index contributed by atoms with van der Waals surface area (Å²) in [5.41, 5.74) is 1.04. The Morgan fingerprint density at radius 1 is 1.29 bits per heavy atom. The Morgan fingerprint density at radius 3 is 2.76 bits per heavy atom. The number of anilines is 1. The molecule has 110 valence electrons. The number of sulfonamides is 1. The summed E-state index contributed by atoms with van der Waals surface area (Å²) in [5.74, 6) is 0. The van der Waals surface area contributed by atoms with Crippen molar-refractivity contribution in [1.29, 1.82) is 5.26 Å². The van der Waals surface area contributed by atoms with Gasteiger partial charge in [-0.2, -0.15) is 5.26 Å². The van der Waals surface area contributed by atoms with Gasteiger partial charge in [0.2, 0.25) is 10.0 Å². The summed E-state index contributed by atoms with van der Waals surface area (Å²) in [5, 5.41) is 14.2. The molecule has 2 rings (SSSR count). The van der Waals surface area contributed by atoms with Crippen molar-refractivity contribution in [3.8, 4) is 6.07 Å². The molecule has 0 aliphatic rings. The molecule has 2 N–H and O–H groups in total. The lowest BCUT2D eigenvalue weighted by atomic mass is 10.2. The molecule has 0 fully saturated rings. The maximum Gasteiger partial charge on any atom is 0.250 e. The summed E-state index contributed by atoms with van der Waals surface area (Å²) < 4.78 is 26.5. The highest BCUT2D eigenvalue weighted by Gasteiger charge is 2.13. The van der Waals surface area contributed by atoms with Crippen LogP contribution in [0.1, 0.15) is 5.56 Å². The second kappa shape index (κ2) is 6.91. The van der Waals surface area contributed by atoms with E-state index in [1.54, 1.807) is 35.7 Å². The van der Waals surface area contributed by atoms with Crippen molar-refractivity contribution in [2.75, 3.05) is 18.4 Å². The Morgan fingerprint density at radius 2 is 2.10 bits per heavy atom. The molecule has 21 heavy (non-hydrogen) atoms. The molecular formula is C13H12ClN3O2S2. The van der Waals surface area contributed by atoms with E-state index in [-0.39, 0.29) is 10.8 Å². The van der Waals surface area contributed by atoms with Crippen LogP contribution < -0.4 is 10.0 Å². The molecule has 0 saturated heterocycles. The number of nitrogens with one attached hydrogen (secondary N) is 2. The number of nitriles is 1. The average Bonchev–Trinajstić information content (AvgIpc) is 2.99. The molecule has 0 atom stereocenters. The van der Waals surface area contributed by atoms with Crippen LogP contribution >= 0.6 is 22.9 Å². The first-order chi connectivity index (χ1) is 10.0. The maximum atomic E-state index is 11.9. The molecule has 0 unspecified atom stereocenters. The van der Waals surface area contributed by atoms with Gasteiger partial charge in [-0.25, -0.2) is 13.1 Å². The molecule has 0 aliphatic carbocycles. The van der Waals surface area contributed by atoms with Gasteiger partial charge in [-0.3, -0.25) is 0 Å². The van der Waals surface area contributed by atoms with Crippen molar-refractivity contribution >= 4 is 38.6 Å². The number of halogens is 1. The molecule has 0 amide bonds. The quantitative estimate of drug-likeness (QED) is 0.791. The minimum Gasteiger partial charge on any atom is -0.383 e. The number of hydrogen-bond acceptors (Lipinski definition) is 5. The zero-order valence-corrected chi connectivity index (χ0v) is 13.2. The molecule has 5 nitrogen and oxygen atoms in total. The van der Waals surface area contributed by atoms with E-state index in [1.807, 2.05) is 6.07 Å². The van der Waals surface area contributed by atoms with Gasteiger partial charge in [0.1, 0.15) is 10.3 Å². The number of benzene rings is 1. The van der Waals surface area contributed by atoms with Crippen molar-refractivity contribution in [3.05, 3.63) is 46.3 Å². The maximum absolute atomic E-state index is 11.9. The number of rotatable bonds is 6. The minimum absolute atomic E-state index is 0.206. The van der Waals surface area contributed by atoms with Crippen LogP contribution in [0.3, 0.4) is 0 Å². The van der Waals surface area contributed by atoms with Gasteiger partial charge in [0.25, 0.3) is 0 Å². The van der Waals surface area contributed by atoms with Crippen LogP contribution in [0.5, 0.6) is 0 Å². The van der Waals surface area contributed by atoms with Crippen LogP contribution in [-0.2, 0) is 10.0 Å². The molecule has 1 heterocycles. The standard InChI is InChI=1S/C13H12ClN3O2S2/c14-11-4-3-10(9-15)12(8-11)16-5-6-17-21(18,19)13-2-1-7-20-13/h1-4,7-8,16-17H,5-6H2. The third-order valence-corrected chi connectivity index (χ3v) is 5.69. The van der Waals surface area contributed by atoms with Gasteiger partial charge in [0, 0.05) is 18.1 Å². The summed E-state index contributed by atoms with van der Waals surface area (Å²) in [6, 6.07) is 10.1. The Labute approximate surface area is 132 Å². The summed E-state index contributed by atoms with van der Waals surface area (Å²) in [4.78, 5) is 0. The van der Waals surface area contributed by atoms with E-state index < -0.39 is 10.0 Å². The first-order valence-corrected chi connectivity index (χ1v) is 8.74. The van der Waals surface area contributed by atoms with Gasteiger partial charge in [0.05, 0.1) is 11.3 Å². The van der Waals surface area contributed by atoms with Crippen molar-refractivity contribution < 1.29 is 8.42 Å². The fraction of sp³-hybridized carbons (Fsp3) is 0.154. The van der Waals surface area contributed by atoms with Gasteiger partial charge < -0.3 is 5.32 Å². The Bertz CT molecular complexity index is 752. The topological polar surface area (TPSA) is 82.0 Å². The molecule has 0 bridgehead atoms. The van der Waals surface area contributed by atoms with Crippen molar-refractivity contribution in [2.45, 2.75) is 4.21 Å². The molecule has 0 radical (unpaired) electrons. The van der Waals surface area contributed by atoms with Crippen LogP contribution in [0, 0.1) is 11.3 Å². The van der Waals surface area contributed by atoms with Crippen LogP contribution in [-0.4, -0.2) is 21.5 Å². The van der Waals surface area contributed by atoms with E-state index in [9.17, 15) is 8.42 Å². The summed E-state index contributed by atoms with van der Waals surface area (Å²) in [6.45, 7) is 0.553. The van der Waals surface area contributed by atoms with E-state index in [2.05, 4.69) is 10.0 Å². The Balaban J connectivity index is 1.91. The van der Waals surface area contributed by atoms with E-state index in [0.717, 1.165) is 11.3 Å². The van der Waals surface area contributed by atoms with Gasteiger partial charge in [-0.1, -0.05) is 17.7 Å². The van der Waals surface area contributed by atoms with E-state index in [0.29, 0.717) is 22.8 Å². The Hall–Kier alpha value is -1.59. The second-order valence-corrected chi connectivity index (χ2v) is 7.44. The largest absolute Gasteiger partial charge is 0.383 e. The smallest absolute Gasteiger partial charge is 0.250 e. The highest BCUT2D eigenvalue weighted by molar-refractivity contribution is 7.91. The van der Waals surface area contributed by atoms with Crippen molar-refractivity contribution in [3.63, 3.8) is 0 Å². The van der Waals surface area contributed by atoms with Crippen LogP contribution in [0.4, 0.5) is 5.69 Å². The zero-order valence-electron chi connectivity index (χ0n) is 10.8. The lowest BCUT2D eigenvalue weighted by Crippen LogP contribution is -2.28. The van der Waals surface area contributed by atoms with Gasteiger partial charge in [-0.15, -0.1) is 11.3 Å². The average molecular weight is 342 g/mol. The van der Waals surface area contributed by atoms with Gasteiger partial charge in [-0.05, 0) is 29.6 Å². The molecule has 0 spiro atoms. The molecule has 1 aromatic heterocycles. The molecule has 2 aromatic rings. The SMILES string of the molecule is N#Cc1ccc(Cl)cc1NCCNS(=O)(=O)c1cccs1. The van der Waals surface area contributed by atoms with Crippen molar-refractivity contribution in [2.24, 2.45) is 0 Å². The lowest BCUT2D eigenvalue weighted by molar-refractivity contribution is 0.585. The van der Waals surface area contributed by atoms with Crippen LogP contribution in [0.25, 0.3) is 0 Å². The first-order valence-electron chi connectivity index (χ1n) is 5.99. The third kappa shape index (κ3) is 4.19. The summed E-state index contributed by atoms with van der Waals surface area (Å²) in [6.07, 6.45) is 0. The predicted molar refractivity (Wildman–Crippen MR) is 84.2 cm³/mol. The highest BCUT2D eigenvalue weighted by atomic mass is 35.5. The van der Waals surface area contributed by atoms with E-state index in [1.165, 1.54) is 0 Å². The lowest BCUT2D eigenvalue weighted by Gasteiger charge is -2.09. The fourth-order valence-electron chi connectivity index (χ4n) is 1.63. The van der Waals surface area contributed by atoms with Gasteiger partial charge >= 0.3 is 0 Å². The summed E-state index contributed by atoms with van der Waals surface area (Å²) >= 11 is 7.03. The van der Waals surface area contributed by atoms with Gasteiger partial charge in [0.15, 0.2) is 0 Å². The Kier molecular flexibility index (Phi) is 5.20. The molecule has 0 saturated carbocycles. The second-order valence-electron chi connectivity index (χ2n) is 4.06.